The Bertz CT molecular complexity index is 2500. The summed E-state index contributed by atoms with van der Waals surface area (Å²) in [5, 5.41) is 119. The van der Waals surface area contributed by atoms with Crippen LogP contribution in [0.15, 0.2) is 35.9 Å². The van der Waals surface area contributed by atoms with E-state index >= 15 is 4.79 Å². The number of esters is 2. The van der Waals surface area contributed by atoms with Crippen LogP contribution in [0.5, 0.6) is 11.5 Å². The van der Waals surface area contributed by atoms with Gasteiger partial charge >= 0.3 is 17.9 Å². The fourth-order valence-corrected chi connectivity index (χ4v) is 16.1. The fraction of sp³-hybridized carbons (Fsp3) is 0.772. The van der Waals surface area contributed by atoms with Crippen LogP contribution in [0.2, 0.25) is 0 Å². The van der Waals surface area contributed by atoms with E-state index < -0.39 is 157 Å². The third kappa shape index (κ3) is 10.0. The average Bonchev–Trinajstić information content (AvgIpc) is 3.51. The second-order valence-corrected chi connectivity index (χ2v) is 25.8. The van der Waals surface area contributed by atoms with Gasteiger partial charge in [0.05, 0.1) is 32.5 Å². The molecule has 3 saturated heterocycles. The molecule has 79 heavy (non-hydrogen) atoms. The number of phenolic OH excluding ortho intramolecular Hbond substituents is 1. The molecule has 22 heteroatoms. The first kappa shape index (κ1) is 59.8. The zero-order valence-electron chi connectivity index (χ0n) is 46.1. The lowest BCUT2D eigenvalue weighted by atomic mass is 9.33. The van der Waals surface area contributed by atoms with E-state index in [0.717, 1.165) is 18.1 Å². The third-order valence-corrected chi connectivity index (χ3v) is 20.8. The Labute approximate surface area is 459 Å². The molecule has 22 nitrogen and oxygen atoms in total. The molecule has 0 spiro atoms. The Balaban J connectivity index is 0.961. The van der Waals surface area contributed by atoms with Crippen molar-refractivity contribution in [3.63, 3.8) is 0 Å². The van der Waals surface area contributed by atoms with Crippen LogP contribution >= 0.6 is 0 Å². The van der Waals surface area contributed by atoms with Gasteiger partial charge in [-0.1, -0.05) is 66.2 Å². The molecule has 1 aromatic rings. The van der Waals surface area contributed by atoms with Gasteiger partial charge in [0.1, 0.15) is 60.4 Å². The lowest BCUT2D eigenvalue weighted by molar-refractivity contribution is -0.374. The van der Waals surface area contributed by atoms with Crippen molar-refractivity contribution in [3.05, 3.63) is 41.5 Å². The predicted molar refractivity (Wildman–Crippen MR) is 274 cm³/mol. The van der Waals surface area contributed by atoms with E-state index in [1.165, 1.54) is 31.4 Å². The van der Waals surface area contributed by atoms with Gasteiger partial charge in [-0.15, -0.1) is 0 Å². The predicted octanol–water partition coefficient (Wildman–Crippen LogP) is 1.82. The van der Waals surface area contributed by atoms with Crippen LogP contribution in [0, 0.1) is 50.2 Å². The van der Waals surface area contributed by atoms with E-state index in [4.69, 9.17) is 37.9 Å². The topological polar surface area (TPSA) is 348 Å². The Kier molecular flexibility index (Phi) is 16.4. The lowest BCUT2D eigenvalue weighted by Crippen LogP contribution is -2.68. The number of rotatable bonds is 12. The lowest BCUT2D eigenvalue weighted by Gasteiger charge is -2.71. The van der Waals surface area contributed by atoms with Crippen molar-refractivity contribution >= 4 is 24.0 Å². The standard InChI is InChI=1S/C57H82O22/c1-52(2)19-20-57(51(71)79-49-45(38(63)30(60)25-73-49)76-37(62)14-10-26-9-12-29(59)31(21-26)72-8)28(22-52)27-11-13-34-54(5)17-16-36(53(3,4)33(54)15-18-55(34,6)56(27,7)23-35(57)61)75-50-46(42(67)41(66)44(77-50)47(69)70)78-48-43(68)40(65)39(64)32(24-58)74-48/h9-12,14,21,28,30,32-36,38-46,48-50,58-61,63-68H,13,15-20,22-25H2,1-8H3,(H,69,70)/t28?,30-,32-,33+,34-,35-,36+,38+,39+,40+,41+,42+,43-,44+,45-,46-,48-,49-,50+,54+,55-,56-,57-/m1/s1. The minimum Gasteiger partial charge on any atom is -0.504 e. The molecule has 1 aromatic carbocycles. The van der Waals surface area contributed by atoms with Gasteiger partial charge in [0.25, 0.3) is 0 Å². The number of carboxylic acid groups (broad SMARTS) is 1. The summed E-state index contributed by atoms with van der Waals surface area (Å²) < 4.78 is 46.9. The summed E-state index contributed by atoms with van der Waals surface area (Å²) in [5.41, 5.74) is -2.17. The number of carbonyl (C=O) groups excluding carboxylic acids is 2. The average molecular weight is 1120 g/mol. The van der Waals surface area contributed by atoms with Crippen LogP contribution in [0.3, 0.4) is 0 Å². The summed E-state index contributed by atoms with van der Waals surface area (Å²) in [6.45, 7) is 14.1. The molecule has 4 saturated carbocycles. The second-order valence-electron chi connectivity index (χ2n) is 25.8. The molecular formula is C57H82O22. The first-order valence-corrected chi connectivity index (χ1v) is 27.7. The molecule has 442 valence electrons. The van der Waals surface area contributed by atoms with Gasteiger partial charge < -0.3 is 94.1 Å². The number of benzene rings is 1. The van der Waals surface area contributed by atoms with Gasteiger partial charge in [-0.3, -0.25) is 4.79 Å². The Morgan fingerprint density at radius 1 is 0.747 bits per heavy atom. The number of aliphatic carboxylic acids is 1. The highest BCUT2D eigenvalue weighted by molar-refractivity contribution is 5.87. The van der Waals surface area contributed by atoms with Crippen molar-refractivity contribution in [2.75, 3.05) is 20.3 Å². The first-order valence-electron chi connectivity index (χ1n) is 27.7. The summed E-state index contributed by atoms with van der Waals surface area (Å²) in [6.07, 6.45) is -16.5. The summed E-state index contributed by atoms with van der Waals surface area (Å²) in [4.78, 5) is 40.9. The van der Waals surface area contributed by atoms with Crippen LogP contribution in [0.1, 0.15) is 112 Å². The number of hydrogen-bond donors (Lipinski definition) is 11. The SMILES string of the molecule is COc1cc(C=CC(=O)O[C@H]2[C@@H](OC(=O)[C@]34CCC(C)(C)CC3C3=CC[C@@H]5[C@@]6(C)CC[C@H](O[C@H]7O[C@H](C(=O)O)[C@@H](O)[C@H](O)[C@H]7O[C@H]7O[C@H](CO)[C@H](O)[C@H](O)[C@H]7O)C(C)(C)[C@@H]6CC[C@@]5(C)[C@]3(C)C[C@H]4O)OC[C@@H](O)[C@@H]2O)ccc1O. The quantitative estimate of drug-likeness (QED) is 0.0615. The zero-order valence-corrected chi connectivity index (χ0v) is 46.1. The Morgan fingerprint density at radius 2 is 1.47 bits per heavy atom. The van der Waals surface area contributed by atoms with Gasteiger partial charge in [0.2, 0.25) is 6.29 Å². The van der Waals surface area contributed by atoms with E-state index in [0.29, 0.717) is 44.1 Å². The second kappa shape index (κ2) is 21.7. The number of methoxy groups -OCH3 is 1. The number of ether oxygens (including phenoxy) is 8. The van der Waals surface area contributed by atoms with Crippen LogP contribution in [0.4, 0.5) is 0 Å². The number of allylic oxidation sites excluding steroid dienone is 2. The number of hydrogen-bond acceptors (Lipinski definition) is 21. The third-order valence-electron chi connectivity index (χ3n) is 20.8. The number of aliphatic hydroxyl groups excluding tert-OH is 9. The van der Waals surface area contributed by atoms with Crippen molar-refractivity contribution in [1.29, 1.82) is 0 Å². The molecule has 8 aliphatic rings. The van der Waals surface area contributed by atoms with Crippen molar-refractivity contribution in [2.24, 2.45) is 50.2 Å². The normalized spacial score (nSPS) is 46.3. The number of carboxylic acids is 1. The van der Waals surface area contributed by atoms with E-state index in [9.17, 15) is 65.8 Å². The number of fused-ring (bicyclic) bond motifs is 7. The first-order chi connectivity index (χ1) is 37.0. The van der Waals surface area contributed by atoms with E-state index in [1.807, 2.05) is 0 Å². The smallest absolute Gasteiger partial charge is 0.335 e. The van der Waals surface area contributed by atoms with E-state index in [2.05, 4.69) is 54.5 Å². The highest BCUT2D eigenvalue weighted by Gasteiger charge is 2.72. The molecule has 0 amide bonds. The molecule has 3 aliphatic heterocycles. The van der Waals surface area contributed by atoms with Gasteiger partial charge in [0.15, 0.2) is 36.3 Å². The molecule has 0 bridgehead atoms. The monoisotopic (exact) mass is 1120 g/mol. The van der Waals surface area contributed by atoms with Crippen LogP contribution in [-0.2, 0) is 47.5 Å². The minimum absolute atomic E-state index is 0.0102. The van der Waals surface area contributed by atoms with Gasteiger partial charge in [-0.2, -0.15) is 0 Å². The molecule has 3 heterocycles. The Morgan fingerprint density at radius 3 is 2.15 bits per heavy atom. The van der Waals surface area contributed by atoms with Crippen molar-refractivity contribution in [3.8, 4) is 11.5 Å². The van der Waals surface area contributed by atoms with Crippen molar-refractivity contribution in [1.82, 2.24) is 0 Å². The number of carbonyl (C=O) groups is 3. The number of aliphatic hydroxyl groups is 9. The van der Waals surface area contributed by atoms with Gasteiger partial charge in [-0.25, -0.2) is 9.59 Å². The summed E-state index contributed by atoms with van der Waals surface area (Å²) in [5.74, 6) is -3.64. The van der Waals surface area contributed by atoms with E-state index in [1.54, 1.807) is 0 Å². The maximum absolute atomic E-state index is 15.2. The summed E-state index contributed by atoms with van der Waals surface area (Å²) >= 11 is 0. The maximum atomic E-state index is 15.2. The van der Waals surface area contributed by atoms with Crippen LogP contribution in [0.25, 0.3) is 6.08 Å². The van der Waals surface area contributed by atoms with Gasteiger partial charge in [-0.05, 0) is 126 Å². The van der Waals surface area contributed by atoms with Crippen LogP contribution < -0.4 is 4.74 Å². The summed E-state index contributed by atoms with van der Waals surface area (Å²) in [6, 6.07) is 4.42. The molecule has 9 rings (SSSR count). The minimum atomic E-state index is -2.01. The molecule has 23 atom stereocenters. The molecule has 0 aromatic heterocycles. The molecule has 0 radical (unpaired) electrons. The molecule has 7 fully saturated rings. The van der Waals surface area contributed by atoms with E-state index in [-0.39, 0.29) is 47.0 Å². The molecular weight excluding hydrogens is 1040 g/mol. The number of aromatic hydroxyl groups is 1. The van der Waals surface area contributed by atoms with Crippen LogP contribution in [-0.4, -0.2) is 193 Å². The Hall–Kier alpha value is -3.85. The highest BCUT2D eigenvalue weighted by atomic mass is 16.8. The van der Waals surface area contributed by atoms with Gasteiger partial charge in [0, 0.05) is 6.08 Å². The molecule has 5 aliphatic carbocycles. The van der Waals surface area contributed by atoms with Crippen molar-refractivity contribution < 1.29 is 108 Å². The number of phenols is 1. The zero-order chi connectivity index (χ0) is 57.7. The highest BCUT2D eigenvalue weighted by Crippen LogP contribution is 2.76. The largest absolute Gasteiger partial charge is 0.504 e. The molecule has 11 N–H and O–H groups in total. The maximum Gasteiger partial charge on any atom is 0.335 e. The summed E-state index contributed by atoms with van der Waals surface area (Å²) in [7, 11) is 1.38. The molecule has 1 unspecified atom stereocenters. The van der Waals surface area contributed by atoms with Crippen molar-refractivity contribution in [2.45, 2.75) is 204 Å². The fourth-order valence-electron chi connectivity index (χ4n) is 16.1.